The van der Waals surface area contributed by atoms with Crippen LogP contribution >= 0.6 is 11.3 Å². The molecule has 31 heavy (non-hydrogen) atoms. The molecule has 2 aromatic heterocycles. The van der Waals surface area contributed by atoms with Gasteiger partial charge in [-0.05, 0) is 43.4 Å². The van der Waals surface area contributed by atoms with Crippen LogP contribution in [0.2, 0.25) is 0 Å². The van der Waals surface area contributed by atoms with E-state index in [1.807, 2.05) is 0 Å². The number of hydrogen-bond acceptors (Lipinski definition) is 5. The van der Waals surface area contributed by atoms with Gasteiger partial charge in [0, 0.05) is 27.8 Å². The normalized spacial score (nSPS) is 20.2. The van der Waals surface area contributed by atoms with E-state index in [1.165, 1.54) is 10.6 Å². The maximum Gasteiger partial charge on any atom is 0.329 e. The molecule has 0 radical (unpaired) electrons. The number of rotatable bonds is 3. The van der Waals surface area contributed by atoms with Crippen LogP contribution in [0, 0.1) is 12.7 Å². The van der Waals surface area contributed by atoms with Crippen molar-refractivity contribution in [3.63, 3.8) is 0 Å². The lowest BCUT2D eigenvalue weighted by molar-refractivity contribution is -0.0554. The highest BCUT2D eigenvalue weighted by Crippen LogP contribution is 2.50. The van der Waals surface area contributed by atoms with Gasteiger partial charge < -0.3 is 10.2 Å². The van der Waals surface area contributed by atoms with Gasteiger partial charge in [-0.25, -0.2) is 18.0 Å². The zero-order chi connectivity index (χ0) is 22.2. The summed E-state index contributed by atoms with van der Waals surface area (Å²) in [5.41, 5.74) is -0.836. The fourth-order valence-electron chi connectivity index (χ4n) is 4.59. The average molecular weight is 452 g/mol. The molecule has 2 aliphatic rings. The molecular formula is C21H19F3N2O4S. The monoisotopic (exact) mass is 452 g/mol. The Morgan fingerprint density at radius 2 is 2.03 bits per heavy atom. The Morgan fingerprint density at radius 3 is 2.68 bits per heavy atom. The van der Waals surface area contributed by atoms with E-state index in [-0.39, 0.29) is 40.1 Å². The molecule has 3 N–H and O–H groups in total. The molecule has 6 nitrogen and oxygen atoms in total. The van der Waals surface area contributed by atoms with Gasteiger partial charge in [0.05, 0.1) is 18.0 Å². The summed E-state index contributed by atoms with van der Waals surface area (Å²) in [5, 5.41) is 19.8. The molecule has 10 heteroatoms. The van der Waals surface area contributed by atoms with Gasteiger partial charge in [0.15, 0.2) is 11.6 Å². The van der Waals surface area contributed by atoms with Crippen LogP contribution in [0.4, 0.5) is 13.2 Å². The van der Waals surface area contributed by atoms with Gasteiger partial charge in [0.1, 0.15) is 5.39 Å². The number of hydrogen-bond donors (Lipinski definition) is 3. The van der Waals surface area contributed by atoms with Gasteiger partial charge >= 0.3 is 5.69 Å². The number of fused-ring (bicyclic) bond motifs is 2. The number of halogens is 3. The molecule has 1 unspecified atom stereocenters. The number of aromatic hydroxyl groups is 1. The Kier molecular flexibility index (Phi) is 4.39. The molecule has 0 spiro atoms. The van der Waals surface area contributed by atoms with E-state index < -0.39 is 47.7 Å². The molecular weight excluding hydrogens is 433 g/mol. The molecule has 0 bridgehead atoms. The third kappa shape index (κ3) is 2.88. The Bertz CT molecular complexity index is 1350. The highest BCUT2D eigenvalue weighted by atomic mass is 32.1. The van der Waals surface area contributed by atoms with Crippen LogP contribution in [0.15, 0.2) is 15.7 Å². The number of nitrogens with one attached hydrogen (secondary N) is 1. The number of aromatic nitrogens is 2. The lowest BCUT2D eigenvalue weighted by Crippen LogP contribution is -2.33. The predicted molar refractivity (Wildman–Crippen MR) is 110 cm³/mol. The zero-order valence-corrected chi connectivity index (χ0v) is 17.3. The number of H-pyrrole nitrogens is 1. The number of benzene rings is 1. The summed E-state index contributed by atoms with van der Waals surface area (Å²) < 4.78 is 45.3. The first-order valence-electron chi connectivity index (χ1n) is 9.97. The molecule has 1 aromatic carbocycles. The van der Waals surface area contributed by atoms with Crippen LogP contribution in [-0.2, 0) is 6.42 Å². The summed E-state index contributed by atoms with van der Waals surface area (Å²) in [4.78, 5) is 27.9. The van der Waals surface area contributed by atoms with Crippen LogP contribution in [0.3, 0.4) is 0 Å². The van der Waals surface area contributed by atoms with Gasteiger partial charge in [-0.1, -0.05) is 0 Å². The minimum absolute atomic E-state index is 0.0243. The Hall–Kier alpha value is -2.59. The molecule has 1 fully saturated rings. The third-order valence-electron chi connectivity index (χ3n) is 6.29. The molecule has 0 saturated heterocycles. The standard InChI is InChI=1S/C21H19F3N2O4S/c1-8-14(13-6-10-11(7-27)21(23,24)5-4-12(10)31-13)16(22)18(28)15-17(8)26(9-2-3-9)20(30)25-19(15)29/h6,9,11,27-28H,2-5,7H2,1H3,(H,25,29,30). The number of aromatic amines is 1. The summed E-state index contributed by atoms with van der Waals surface area (Å²) in [6.45, 7) is 0.811. The number of nitrogens with zero attached hydrogens (tertiary/aromatic N) is 1. The van der Waals surface area contributed by atoms with Crippen molar-refractivity contribution in [3.8, 4) is 16.2 Å². The first-order chi connectivity index (χ1) is 14.7. The van der Waals surface area contributed by atoms with Crippen molar-refractivity contribution in [1.29, 1.82) is 0 Å². The fourth-order valence-corrected chi connectivity index (χ4v) is 5.91. The molecule has 2 heterocycles. The topological polar surface area (TPSA) is 95.3 Å². The third-order valence-corrected chi connectivity index (χ3v) is 7.52. The number of alkyl halides is 2. The van der Waals surface area contributed by atoms with E-state index in [2.05, 4.69) is 4.98 Å². The molecule has 1 atom stereocenters. The molecule has 3 aromatic rings. The lowest BCUT2D eigenvalue weighted by Gasteiger charge is -2.30. The van der Waals surface area contributed by atoms with Gasteiger partial charge in [-0.2, -0.15) is 0 Å². The fraction of sp³-hybridized carbons (Fsp3) is 0.429. The van der Waals surface area contributed by atoms with Crippen LogP contribution < -0.4 is 11.2 Å². The number of aliphatic hydroxyl groups excluding tert-OH is 1. The van der Waals surface area contributed by atoms with Gasteiger partial charge in [-0.15, -0.1) is 11.3 Å². The second kappa shape index (κ2) is 6.70. The zero-order valence-electron chi connectivity index (χ0n) is 16.5. The molecule has 5 rings (SSSR count). The van der Waals surface area contributed by atoms with E-state index in [4.69, 9.17) is 0 Å². The minimum atomic E-state index is -3.07. The molecule has 0 amide bonds. The summed E-state index contributed by atoms with van der Waals surface area (Å²) in [7, 11) is 0. The van der Waals surface area contributed by atoms with E-state index >= 15 is 4.39 Å². The quantitative estimate of drug-likeness (QED) is 0.566. The van der Waals surface area contributed by atoms with E-state index in [0.717, 1.165) is 11.3 Å². The van der Waals surface area contributed by atoms with Gasteiger partial charge in [-0.3, -0.25) is 14.3 Å². The maximum absolute atomic E-state index is 15.3. The Morgan fingerprint density at radius 1 is 1.32 bits per heavy atom. The highest BCUT2D eigenvalue weighted by Gasteiger charge is 2.45. The van der Waals surface area contributed by atoms with Gasteiger partial charge in [0.2, 0.25) is 0 Å². The largest absolute Gasteiger partial charge is 0.504 e. The van der Waals surface area contributed by atoms with Crippen molar-refractivity contribution in [2.45, 2.75) is 50.5 Å². The van der Waals surface area contributed by atoms with Crippen molar-refractivity contribution < 1.29 is 23.4 Å². The van der Waals surface area contributed by atoms with Crippen LogP contribution in [-0.4, -0.2) is 32.3 Å². The summed E-state index contributed by atoms with van der Waals surface area (Å²) in [5.74, 6) is -6.37. The molecule has 2 aliphatic carbocycles. The second-order valence-electron chi connectivity index (χ2n) is 8.23. The van der Waals surface area contributed by atoms with Crippen molar-refractivity contribution >= 4 is 22.2 Å². The first kappa shape index (κ1) is 20.3. The number of phenolic OH excluding ortho intramolecular Hbond substituents is 1. The summed E-state index contributed by atoms with van der Waals surface area (Å²) in [6, 6.07) is 1.27. The number of aryl methyl sites for hydroxylation is 2. The van der Waals surface area contributed by atoms with Crippen molar-refractivity contribution in [2.75, 3.05) is 6.61 Å². The van der Waals surface area contributed by atoms with Crippen LogP contribution in [0.25, 0.3) is 21.3 Å². The van der Waals surface area contributed by atoms with E-state index in [1.54, 1.807) is 6.92 Å². The predicted octanol–water partition coefficient (Wildman–Crippen LogP) is 3.56. The number of phenols is 1. The van der Waals surface area contributed by atoms with Crippen LogP contribution in [0.1, 0.15) is 47.2 Å². The SMILES string of the molecule is Cc1c(-c2cc3c(s2)CCC(F)(F)C3CO)c(F)c(O)c2c(=O)[nH]c(=O)n(C3CC3)c12. The summed E-state index contributed by atoms with van der Waals surface area (Å²) in [6.07, 6.45) is 1.12. The Labute approximate surface area is 177 Å². The van der Waals surface area contributed by atoms with E-state index in [0.29, 0.717) is 22.6 Å². The van der Waals surface area contributed by atoms with Crippen molar-refractivity contribution in [2.24, 2.45) is 0 Å². The molecule has 164 valence electrons. The number of aliphatic hydroxyl groups is 1. The highest BCUT2D eigenvalue weighted by molar-refractivity contribution is 7.15. The minimum Gasteiger partial charge on any atom is -0.504 e. The van der Waals surface area contributed by atoms with E-state index in [9.17, 15) is 28.6 Å². The lowest BCUT2D eigenvalue weighted by atomic mass is 9.84. The average Bonchev–Trinajstić information content (AvgIpc) is 3.44. The smallest absolute Gasteiger partial charge is 0.329 e. The molecule has 1 saturated carbocycles. The van der Waals surface area contributed by atoms with Gasteiger partial charge in [0.25, 0.3) is 11.5 Å². The molecule has 0 aliphatic heterocycles. The van der Waals surface area contributed by atoms with Crippen molar-refractivity contribution in [3.05, 3.63) is 48.7 Å². The number of thiophene rings is 1. The maximum atomic E-state index is 15.3. The second-order valence-corrected chi connectivity index (χ2v) is 9.37. The van der Waals surface area contributed by atoms with Crippen LogP contribution in [0.5, 0.6) is 5.75 Å². The first-order valence-corrected chi connectivity index (χ1v) is 10.8. The van der Waals surface area contributed by atoms with Crippen molar-refractivity contribution in [1.82, 2.24) is 9.55 Å². The Balaban J connectivity index is 1.82. The summed E-state index contributed by atoms with van der Waals surface area (Å²) >= 11 is 1.12.